The van der Waals surface area contributed by atoms with Crippen LogP contribution >= 0.6 is 11.6 Å². The predicted octanol–water partition coefficient (Wildman–Crippen LogP) is 4.40. The summed E-state index contributed by atoms with van der Waals surface area (Å²) in [6.07, 6.45) is 4.77. The van der Waals surface area contributed by atoms with E-state index in [1.54, 1.807) is 66.7 Å². The van der Waals surface area contributed by atoms with E-state index in [0.29, 0.717) is 28.6 Å². The van der Waals surface area contributed by atoms with Crippen LogP contribution < -0.4 is 10.9 Å². The summed E-state index contributed by atoms with van der Waals surface area (Å²) in [7, 11) is -2.23. The van der Waals surface area contributed by atoms with Crippen molar-refractivity contribution in [3.05, 3.63) is 118 Å². The fraction of sp³-hybridized carbons (Fsp3) is 0.143. The number of benzene rings is 2. The van der Waals surface area contributed by atoms with Crippen molar-refractivity contribution in [3.8, 4) is 11.3 Å². The first-order chi connectivity index (χ1) is 20.0. The second-order valence-corrected chi connectivity index (χ2v) is 10.9. The van der Waals surface area contributed by atoms with Gasteiger partial charge in [-0.15, -0.1) is 0 Å². The van der Waals surface area contributed by atoms with Gasteiger partial charge in [0.25, 0.3) is 15.7 Å². The van der Waals surface area contributed by atoms with E-state index in [9.17, 15) is 22.7 Å². The Balaban J connectivity index is 0.000000310. The normalized spacial score (nSPS) is 11.9. The van der Waals surface area contributed by atoms with Crippen LogP contribution in [0.5, 0.6) is 0 Å². The number of aromatic nitrogens is 5. The van der Waals surface area contributed by atoms with Crippen LogP contribution in [0, 0.1) is 12.7 Å². The van der Waals surface area contributed by atoms with Crippen LogP contribution in [0.15, 0.2) is 95.0 Å². The lowest BCUT2D eigenvalue weighted by Gasteiger charge is -2.18. The molecule has 0 aliphatic heterocycles. The van der Waals surface area contributed by atoms with Gasteiger partial charge in [-0.05, 0) is 48.9 Å². The van der Waals surface area contributed by atoms with Crippen molar-refractivity contribution in [2.75, 3.05) is 11.9 Å². The maximum absolute atomic E-state index is 13.8. The molecule has 0 saturated carbocycles. The largest absolute Gasteiger partial charge is 0.394 e. The molecule has 0 amide bonds. The van der Waals surface area contributed by atoms with E-state index in [-0.39, 0.29) is 22.1 Å². The quantitative estimate of drug-likeness (QED) is 0.227. The molecular weight excluding hydrogens is 587 g/mol. The minimum absolute atomic E-state index is 0.0255. The zero-order valence-electron chi connectivity index (χ0n) is 22.4. The first kappa shape index (κ1) is 30.5. The summed E-state index contributed by atoms with van der Waals surface area (Å²) in [5, 5.41) is 16.9. The van der Waals surface area contributed by atoms with Crippen LogP contribution in [0.4, 0.5) is 16.2 Å². The van der Waals surface area contributed by atoms with E-state index in [0.717, 1.165) is 5.56 Å². The molecule has 0 spiro atoms. The monoisotopic (exact) mass is 612 g/mol. The van der Waals surface area contributed by atoms with Crippen LogP contribution in [0.2, 0.25) is 5.02 Å². The molecule has 3 aromatic heterocycles. The van der Waals surface area contributed by atoms with Crippen molar-refractivity contribution in [1.29, 1.82) is 0 Å². The molecule has 0 aliphatic rings. The van der Waals surface area contributed by atoms with Crippen LogP contribution in [0.3, 0.4) is 0 Å². The molecule has 5 aromatic rings. The minimum Gasteiger partial charge on any atom is -0.394 e. The Bertz CT molecular complexity index is 1860. The van der Waals surface area contributed by atoms with Gasteiger partial charge in [0.15, 0.2) is 0 Å². The molecule has 2 aromatic carbocycles. The fourth-order valence-corrected chi connectivity index (χ4v) is 4.48. The van der Waals surface area contributed by atoms with Crippen LogP contribution in [0.1, 0.15) is 17.2 Å². The van der Waals surface area contributed by atoms with Crippen LogP contribution in [-0.2, 0) is 17.2 Å². The van der Waals surface area contributed by atoms with Crippen molar-refractivity contribution in [2.24, 2.45) is 7.05 Å². The molecule has 0 saturated heterocycles. The summed E-state index contributed by atoms with van der Waals surface area (Å²) in [6, 6.07) is 16.0. The second-order valence-electron chi connectivity index (χ2n) is 9.05. The van der Waals surface area contributed by atoms with Crippen molar-refractivity contribution >= 4 is 33.5 Å². The number of aryl methyl sites for hydroxylation is 2. The van der Waals surface area contributed by atoms with E-state index in [2.05, 4.69) is 20.4 Å². The van der Waals surface area contributed by atoms with Crippen molar-refractivity contribution in [1.82, 2.24) is 24.3 Å². The Morgan fingerprint density at radius 2 is 1.79 bits per heavy atom. The summed E-state index contributed by atoms with van der Waals surface area (Å²) < 4.78 is 46.4. The molecule has 5 rings (SSSR count). The number of hydrogen-bond acceptors (Lipinski definition) is 8. The number of nitrogens with zero attached hydrogens (tertiary/aromatic N) is 5. The Kier molecular flexibility index (Phi) is 9.48. The predicted molar refractivity (Wildman–Crippen MR) is 156 cm³/mol. The van der Waals surface area contributed by atoms with Crippen molar-refractivity contribution in [2.45, 2.75) is 17.9 Å². The first-order valence-electron chi connectivity index (χ1n) is 12.4. The Labute approximate surface area is 245 Å². The molecule has 3 heterocycles. The van der Waals surface area contributed by atoms with Crippen molar-refractivity contribution in [3.63, 3.8) is 0 Å². The Hall–Kier alpha value is -4.43. The second kappa shape index (κ2) is 13.0. The number of halogens is 2. The molecule has 11 nitrogen and oxygen atoms in total. The third-order valence-electron chi connectivity index (χ3n) is 6.12. The number of hydrogen-bond donors (Lipinski definition) is 3. The molecule has 0 fully saturated rings. The average Bonchev–Trinajstić information content (AvgIpc) is 3.36. The van der Waals surface area contributed by atoms with Gasteiger partial charge in [-0.2, -0.15) is 13.5 Å². The van der Waals surface area contributed by atoms with Gasteiger partial charge in [0.2, 0.25) is 5.95 Å². The first-order valence-corrected chi connectivity index (χ1v) is 14.2. The zero-order valence-corrected chi connectivity index (χ0v) is 24.0. The number of rotatable bonds is 7. The van der Waals surface area contributed by atoms with E-state index >= 15 is 0 Å². The van der Waals surface area contributed by atoms with Gasteiger partial charge in [0.05, 0.1) is 34.5 Å². The van der Waals surface area contributed by atoms with Crippen LogP contribution in [-0.4, -0.2) is 49.0 Å². The molecule has 0 bridgehead atoms. The Morgan fingerprint density at radius 3 is 2.38 bits per heavy atom. The summed E-state index contributed by atoms with van der Waals surface area (Å²) in [6.45, 7) is 1.46. The third-order valence-corrected chi connectivity index (χ3v) is 7.29. The highest BCUT2D eigenvalue weighted by Gasteiger charge is 2.17. The van der Waals surface area contributed by atoms with E-state index < -0.39 is 22.0 Å². The SMILES string of the molecule is Cc1ccc(S(=O)(=O)O)cc1.Cn1nccc1Nc1nccc(-c2ccn([C@H](CO)c3ccc(Cl)c(F)c3)c(=O)c2)n1. The number of aliphatic hydroxyl groups excluding tert-OH is 1. The lowest BCUT2D eigenvalue weighted by molar-refractivity contribution is 0.247. The minimum atomic E-state index is -4.02. The molecule has 218 valence electrons. The summed E-state index contributed by atoms with van der Waals surface area (Å²) >= 11 is 5.73. The highest BCUT2D eigenvalue weighted by molar-refractivity contribution is 7.85. The Morgan fingerprint density at radius 1 is 1.05 bits per heavy atom. The molecule has 1 atom stereocenters. The fourth-order valence-electron chi connectivity index (χ4n) is 3.88. The standard InChI is InChI=1S/C21H18ClFN6O2.C7H8O3S/c1-28-19(5-8-25-28)27-21-24-7-4-17(26-21)13-6-9-29(20(31)11-13)18(12-30)14-2-3-15(22)16(23)10-14;1-6-2-4-7(5-3-6)11(8,9)10/h2-11,18,30H,12H2,1H3,(H,24,26,27);2-5H,1H3,(H,8,9,10)/t18-;/m1./s1. The highest BCUT2D eigenvalue weighted by Crippen LogP contribution is 2.24. The highest BCUT2D eigenvalue weighted by atomic mass is 35.5. The topological polar surface area (TPSA) is 152 Å². The maximum Gasteiger partial charge on any atom is 0.294 e. The van der Waals surface area contributed by atoms with Crippen molar-refractivity contribution < 1.29 is 22.5 Å². The van der Waals surface area contributed by atoms with E-state index in [1.807, 2.05) is 6.92 Å². The maximum atomic E-state index is 13.8. The average molecular weight is 613 g/mol. The van der Waals surface area contributed by atoms with Gasteiger partial charge in [-0.1, -0.05) is 35.4 Å². The lowest BCUT2D eigenvalue weighted by atomic mass is 10.1. The van der Waals surface area contributed by atoms with Gasteiger partial charge in [0, 0.05) is 37.1 Å². The van der Waals surface area contributed by atoms with Gasteiger partial charge in [0.1, 0.15) is 11.6 Å². The lowest BCUT2D eigenvalue weighted by Crippen LogP contribution is -2.27. The van der Waals surface area contributed by atoms with Gasteiger partial charge < -0.3 is 15.0 Å². The van der Waals surface area contributed by atoms with Crippen LogP contribution in [0.25, 0.3) is 11.3 Å². The molecule has 3 N–H and O–H groups in total. The molecule has 42 heavy (non-hydrogen) atoms. The third kappa shape index (κ3) is 7.44. The number of anilines is 2. The smallest absolute Gasteiger partial charge is 0.294 e. The molecule has 0 radical (unpaired) electrons. The molecular formula is C28H26ClFN6O5S. The van der Waals surface area contributed by atoms with E-state index in [4.69, 9.17) is 16.2 Å². The van der Waals surface area contributed by atoms with Gasteiger partial charge in [-0.3, -0.25) is 14.0 Å². The van der Waals surface area contributed by atoms with E-state index in [1.165, 1.54) is 34.9 Å². The molecule has 0 unspecified atom stereocenters. The summed E-state index contributed by atoms with van der Waals surface area (Å²) in [5.74, 6) is 0.459. The molecule has 14 heteroatoms. The number of aliphatic hydroxyl groups is 1. The zero-order chi connectivity index (χ0) is 30.4. The van der Waals surface area contributed by atoms with Gasteiger partial charge in [-0.25, -0.2) is 14.4 Å². The molecule has 0 aliphatic carbocycles. The van der Waals surface area contributed by atoms with Gasteiger partial charge >= 0.3 is 0 Å². The summed E-state index contributed by atoms with van der Waals surface area (Å²) in [5.41, 5.74) is 2.14. The summed E-state index contributed by atoms with van der Waals surface area (Å²) in [4.78, 5) is 21.4. The number of pyridine rings is 1. The number of nitrogens with one attached hydrogen (secondary N) is 1.